The molecule has 0 fully saturated rings. The summed E-state index contributed by atoms with van der Waals surface area (Å²) in [5.41, 5.74) is 2.04. The average molecular weight is 276 g/mol. The van der Waals surface area contributed by atoms with Gasteiger partial charge < -0.3 is 10.0 Å². The molecule has 5 nitrogen and oxygen atoms in total. The number of benzene rings is 1. The number of aliphatic carboxylic acids is 1. The SMILES string of the molecule is CCC(C)N(CC(=O)O)C(=O)N1CCc2ccccc21. The molecule has 0 aromatic heterocycles. The van der Waals surface area contributed by atoms with Crippen LogP contribution in [0, 0.1) is 0 Å². The Labute approximate surface area is 118 Å². The summed E-state index contributed by atoms with van der Waals surface area (Å²) >= 11 is 0. The van der Waals surface area contributed by atoms with Crippen molar-refractivity contribution in [3.63, 3.8) is 0 Å². The maximum atomic E-state index is 12.6. The highest BCUT2D eigenvalue weighted by molar-refractivity contribution is 5.95. The fourth-order valence-electron chi connectivity index (χ4n) is 2.47. The molecule has 108 valence electrons. The number of amides is 2. The van der Waals surface area contributed by atoms with Gasteiger partial charge in [0.2, 0.25) is 0 Å². The summed E-state index contributed by atoms with van der Waals surface area (Å²) in [7, 11) is 0. The van der Waals surface area contributed by atoms with Gasteiger partial charge in [0.15, 0.2) is 0 Å². The Kier molecular flexibility index (Phi) is 4.27. The van der Waals surface area contributed by atoms with Gasteiger partial charge in [0, 0.05) is 18.3 Å². The van der Waals surface area contributed by atoms with Crippen LogP contribution in [0.4, 0.5) is 10.5 Å². The Bertz CT molecular complexity index is 516. The van der Waals surface area contributed by atoms with Crippen molar-refractivity contribution in [2.75, 3.05) is 18.0 Å². The van der Waals surface area contributed by atoms with Crippen molar-refractivity contribution in [3.8, 4) is 0 Å². The molecule has 5 heteroatoms. The van der Waals surface area contributed by atoms with E-state index in [4.69, 9.17) is 5.11 Å². The predicted molar refractivity (Wildman–Crippen MR) is 77.0 cm³/mol. The highest BCUT2D eigenvalue weighted by Gasteiger charge is 2.31. The standard InChI is InChI=1S/C15H20N2O3/c1-3-11(2)17(10-14(18)19)15(20)16-9-8-12-6-4-5-7-13(12)16/h4-7,11H,3,8-10H2,1-2H3,(H,18,19). The second kappa shape index (κ2) is 5.94. The molecule has 0 radical (unpaired) electrons. The Balaban J connectivity index is 2.22. The number of carboxylic acids is 1. The number of hydrogen-bond acceptors (Lipinski definition) is 2. The van der Waals surface area contributed by atoms with Crippen molar-refractivity contribution < 1.29 is 14.7 Å². The molecule has 2 amide bonds. The molecule has 0 saturated carbocycles. The number of carbonyl (C=O) groups is 2. The van der Waals surface area contributed by atoms with E-state index in [9.17, 15) is 9.59 Å². The Morgan fingerprint density at radius 1 is 1.40 bits per heavy atom. The largest absolute Gasteiger partial charge is 0.480 e. The molecule has 1 N–H and O–H groups in total. The summed E-state index contributed by atoms with van der Waals surface area (Å²) in [6, 6.07) is 7.47. The van der Waals surface area contributed by atoms with Gasteiger partial charge in [0.05, 0.1) is 0 Å². The number of anilines is 1. The van der Waals surface area contributed by atoms with Crippen molar-refractivity contribution in [1.29, 1.82) is 0 Å². The number of rotatable bonds is 4. The van der Waals surface area contributed by atoms with Gasteiger partial charge in [-0.25, -0.2) is 4.79 Å². The van der Waals surface area contributed by atoms with Gasteiger partial charge in [0.25, 0.3) is 0 Å². The summed E-state index contributed by atoms with van der Waals surface area (Å²) in [4.78, 5) is 26.7. The lowest BCUT2D eigenvalue weighted by atomic mass is 10.2. The summed E-state index contributed by atoms with van der Waals surface area (Å²) < 4.78 is 0. The first kappa shape index (κ1) is 14.4. The maximum Gasteiger partial charge on any atom is 0.325 e. The highest BCUT2D eigenvalue weighted by atomic mass is 16.4. The van der Waals surface area contributed by atoms with Crippen LogP contribution in [0.25, 0.3) is 0 Å². The summed E-state index contributed by atoms with van der Waals surface area (Å²) in [6.45, 7) is 4.19. The number of urea groups is 1. The zero-order chi connectivity index (χ0) is 14.7. The number of para-hydroxylation sites is 1. The van der Waals surface area contributed by atoms with Crippen molar-refractivity contribution in [1.82, 2.24) is 4.90 Å². The average Bonchev–Trinajstić information content (AvgIpc) is 2.87. The van der Waals surface area contributed by atoms with E-state index in [1.807, 2.05) is 38.1 Å². The van der Waals surface area contributed by atoms with Gasteiger partial charge in [-0.1, -0.05) is 25.1 Å². The third-order valence-corrected chi connectivity index (χ3v) is 3.79. The van der Waals surface area contributed by atoms with E-state index in [0.717, 1.165) is 24.1 Å². The first-order chi connectivity index (χ1) is 9.54. The van der Waals surface area contributed by atoms with E-state index in [1.165, 1.54) is 4.90 Å². The molecule has 1 aliphatic rings. The quantitative estimate of drug-likeness (QED) is 0.918. The lowest BCUT2D eigenvalue weighted by Gasteiger charge is -2.31. The normalized spacial score (nSPS) is 14.8. The van der Waals surface area contributed by atoms with Gasteiger partial charge in [-0.05, 0) is 31.4 Å². The van der Waals surface area contributed by atoms with Gasteiger partial charge >= 0.3 is 12.0 Å². The smallest absolute Gasteiger partial charge is 0.325 e. The Morgan fingerprint density at radius 3 is 2.75 bits per heavy atom. The molecule has 1 aromatic rings. The third-order valence-electron chi connectivity index (χ3n) is 3.79. The first-order valence-electron chi connectivity index (χ1n) is 6.92. The molecule has 20 heavy (non-hydrogen) atoms. The summed E-state index contributed by atoms with van der Waals surface area (Å²) in [5.74, 6) is -0.980. The molecule has 0 aliphatic carbocycles. The van der Waals surface area contributed by atoms with Crippen LogP contribution < -0.4 is 4.90 Å². The van der Waals surface area contributed by atoms with Crippen LogP contribution >= 0.6 is 0 Å². The van der Waals surface area contributed by atoms with Crippen molar-refractivity contribution in [2.45, 2.75) is 32.7 Å². The van der Waals surface area contributed by atoms with Crippen molar-refractivity contribution in [2.24, 2.45) is 0 Å². The minimum absolute atomic E-state index is 0.0913. The topological polar surface area (TPSA) is 60.9 Å². The zero-order valence-electron chi connectivity index (χ0n) is 11.9. The van der Waals surface area contributed by atoms with E-state index >= 15 is 0 Å². The molecule has 1 unspecified atom stereocenters. The second-order valence-electron chi connectivity index (χ2n) is 5.09. The molecule has 0 bridgehead atoms. The monoisotopic (exact) mass is 276 g/mol. The fraction of sp³-hybridized carbons (Fsp3) is 0.467. The van der Waals surface area contributed by atoms with Gasteiger partial charge in [-0.3, -0.25) is 9.69 Å². The molecular weight excluding hydrogens is 256 g/mol. The van der Waals surface area contributed by atoms with Crippen LogP contribution in [-0.4, -0.2) is 41.1 Å². The molecule has 1 aromatic carbocycles. The van der Waals surface area contributed by atoms with Crippen LogP contribution in [0.5, 0.6) is 0 Å². The van der Waals surface area contributed by atoms with Crippen LogP contribution in [-0.2, 0) is 11.2 Å². The number of fused-ring (bicyclic) bond motifs is 1. The minimum Gasteiger partial charge on any atom is -0.480 e. The lowest BCUT2D eigenvalue weighted by Crippen LogP contribution is -2.48. The number of carbonyl (C=O) groups excluding carboxylic acids is 1. The molecule has 1 aliphatic heterocycles. The molecule has 0 saturated heterocycles. The molecule has 2 rings (SSSR count). The number of carboxylic acid groups (broad SMARTS) is 1. The van der Waals surface area contributed by atoms with E-state index in [0.29, 0.717) is 6.54 Å². The predicted octanol–water partition coefficient (Wildman–Crippen LogP) is 2.35. The number of nitrogens with zero attached hydrogens (tertiary/aromatic N) is 2. The lowest BCUT2D eigenvalue weighted by molar-refractivity contribution is -0.138. The Morgan fingerprint density at radius 2 is 2.10 bits per heavy atom. The van der Waals surface area contributed by atoms with Crippen LogP contribution in [0.2, 0.25) is 0 Å². The summed E-state index contributed by atoms with van der Waals surface area (Å²) in [5, 5.41) is 9.00. The van der Waals surface area contributed by atoms with E-state index in [2.05, 4.69) is 0 Å². The minimum atomic E-state index is -0.980. The third kappa shape index (κ3) is 2.76. The molecule has 1 atom stereocenters. The zero-order valence-corrected chi connectivity index (χ0v) is 11.9. The van der Waals surface area contributed by atoms with Crippen LogP contribution in [0.3, 0.4) is 0 Å². The highest BCUT2D eigenvalue weighted by Crippen LogP contribution is 2.28. The van der Waals surface area contributed by atoms with Crippen molar-refractivity contribution >= 4 is 17.7 Å². The van der Waals surface area contributed by atoms with E-state index in [1.54, 1.807) is 4.90 Å². The Hall–Kier alpha value is -2.04. The fourth-order valence-corrected chi connectivity index (χ4v) is 2.47. The van der Waals surface area contributed by atoms with Crippen molar-refractivity contribution in [3.05, 3.63) is 29.8 Å². The first-order valence-corrected chi connectivity index (χ1v) is 6.92. The van der Waals surface area contributed by atoms with Crippen LogP contribution in [0.1, 0.15) is 25.8 Å². The molecular formula is C15H20N2O3. The van der Waals surface area contributed by atoms with E-state index in [-0.39, 0.29) is 18.6 Å². The van der Waals surface area contributed by atoms with Gasteiger partial charge in [-0.2, -0.15) is 0 Å². The molecule has 0 spiro atoms. The van der Waals surface area contributed by atoms with E-state index < -0.39 is 5.97 Å². The number of hydrogen-bond donors (Lipinski definition) is 1. The van der Waals surface area contributed by atoms with Crippen LogP contribution in [0.15, 0.2) is 24.3 Å². The van der Waals surface area contributed by atoms with Gasteiger partial charge in [0.1, 0.15) is 6.54 Å². The maximum absolute atomic E-state index is 12.6. The summed E-state index contributed by atoms with van der Waals surface area (Å²) in [6.07, 6.45) is 1.55. The second-order valence-corrected chi connectivity index (χ2v) is 5.09. The molecule has 1 heterocycles. The van der Waals surface area contributed by atoms with Gasteiger partial charge in [-0.15, -0.1) is 0 Å².